The van der Waals surface area contributed by atoms with Crippen LogP contribution in [0.3, 0.4) is 0 Å². The van der Waals surface area contributed by atoms with Gasteiger partial charge in [0.2, 0.25) is 0 Å². The van der Waals surface area contributed by atoms with Gasteiger partial charge < -0.3 is 24.1 Å². The number of benzene rings is 2. The fourth-order valence-electron chi connectivity index (χ4n) is 3.92. The minimum absolute atomic E-state index is 0.0440. The topological polar surface area (TPSA) is 67.2 Å². The molecule has 2 heterocycles. The highest BCUT2D eigenvalue weighted by molar-refractivity contribution is 6.30. The third-order valence-electron chi connectivity index (χ3n) is 5.74. The van der Waals surface area contributed by atoms with Crippen LogP contribution >= 0.6 is 11.6 Å². The van der Waals surface area contributed by atoms with Gasteiger partial charge in [0, 0.05) is 43.4 Å². The molecule has 4 rings (SSSR count). The molecular formula is C25H28ClN3O4. The molecule has 0 bridgehead atoms. The number of rotatable bonds is 9. The van der Waals surface area contributed by atoms with Crippen molar-refractivity contribution >= 4 is 23.2 Å². The van der Waals surface area contributed by atoms with E-state index in [1.807, 2.05) is 24.3 Å². The first-order chi connectivity index (χ1) is 16.1. The summed E-state index contributed by atoms with van der Waals surface area (Å²) in [6.45, 7) is 3.87. The number of methoxy groups -OCH3 is 1. The minimum atomic E-state index is -0.182. The zero-order valence-corrected chi connectivity index (χ0v) is 19.3. The van der Waals surface area contributed by atoms with E-state index in [2.05, 4.69) is 27.2 Å². The summed E-state index contributed by atoms with van der Waals surface area (Å²) in [4.78, 5) is 17.1. The number of nitrogens with one attached hydrogen (secondary N) is 1. The van der Waals surface area contributed by atoms with Crippen LogP contribution in [0.4, 0.5) is 5.69 Å². The summed E-state index contributed by atoms with van der Waals surface area (Å²) < 4.78 is 16.5. The maximum atomic E-state index is 12.4. The lowest BCUT2D eigenvalue weighted by Gasteiger charge is -2.39. The van der Waals surface area contributed by atoms with Crippen LogP contribution in [0.5, 0.6) is 11.5 Å². The number of piperazine rings is 1. The SMILES string of the molecule is COc1ccc(N2CCN([C@H](CNC(=O)COc3ccc(Cl)cc3)c3ccco3)CC2)cc1. The Balaban J connectivity index is 1.31. The zero-order valence-electron chi connectivity index (χ0n) is 18.6. The van der Waals surface area contributed by atoms with E-state index in [4.69, 9.17) is 25.5 Å². The lowest BCUT2D eigenvalue weighted by Crippen LogP contribution is -2.50. The van der Waals surface area contributed by atoms with Crippen LogP contribution in [0, 0.1) is 0 Å². The molecular weight excluding hydrogens is 442 g/mol. The molecule has 0 saturated carbocycles. The van der Waals surface area contributed by atoms with Gasteiger partial charge in [-0.15, -0.1) is 0 Å². The first-order valence-electron chi connectivity index (χ1n) is 10.9. The van der Waals surface area contributed by atoms with Gasteiger partial charge >= 0.3 is 0 Å². The number of nitrogens with zero attached hydrogens (tertiary/aromatic N) is 2. The Morgan fingerprint density at radius 2 is 1.73 bits per heavy atom. The Hall–Kier alpha value is -3.16. The van der Waals surface area contributed by atoms with Crippen molar-refractivity contribution in [3.8, 4) is 11.5 Å². The molecule has 3 aromatic rings. The number of ether oxygens (including phenoxy) is 2. The predicted molar refractivity (Wildman–Crippen MR) is 128 cm³/mol. The van der Waals surface area contributed by atoms with E-state index in [0.29, 0.717) is 17.3 Å². The molecule has 1 aromatic heterocycles. The molecule has 1 fully saturated rings. The fourth-order valence-corrected chi connectivity index (χ4v) is 4.04. The molecule has 174 valence electrons. The Kier molecular flexibility index (Phi) is 7.75. The first-order valence-corrected chi connectivity index (χ1v) is 11.3. The van der Waals surface area contributed by atoms with Crippen LogP contribution in [-0.2, 0) is 4.79 Å². The molecule has 1 aliphatic rings. The average molecular weight is 470 g/mol. The van der Waals surface area contributed by atoms with Gasteiger partial charge in [0.05, 0.1) is 19.4 Å². The highest BCUT2D eigenvalue weighted by Crippen LogP contribution is 2.25. The molecule has 1 amide bonds. The van der Waals surface area contributed by atoms with Crippen molar-refractivity contribution < 1.29 is 18.7 Å². The summed E-state index contributed by atoms with van der Waals surface area (Å²) in [5.74, 6) is 2.11. The molecule has 33 heavy (non-hydrogen) atoms. The van der Waals surface area contributed by atoms with Crippen LogP contribution < -0.4 is 19.7 Å². The Labute approximate surface area is 198 Å². The number of anilines is 1. The van der Waals surface area contributed by atoms with Gasteiger partial charge in [-0.1, -0.05) is 11.6 Å². The summed E-state index contributed by atoms with van der Waals surface area (Å²) >= 11 is 5.88. The monoisotopic (exact) mass is 469 g/mol. The minimum Gasteiger partial charge on any atom is -0.497 e. The molecule has 1 N–H and O–H groups in total. The van der Waals surface area contributed by atoms with Crippen molar-refractivity contribution in [2.75, 3.05) is 51.3 Å². The van der Waals surface area contributed by atoms with E-state index < -0.39 is 0 Å². The van der Waals surface area contributed by atoms with Crippen LogP contribution in [0.25, 0.3) is 0 Å². The molecule has 1 atom stereocenters. The maximum absolute atomic E-state index is 12.4. The average Bonchev–Trinajstić information content (AvgIpc) is 3.39. The number of carbonyl (C=O) groups excluding carboxylic acids is 1. The van der Waals surface area contributed by atoms with Crippen molar-refractivity contribution in [1.29, 1.82) is 0 Å². The second kappa shape index (κ2) is 11.1. The van der Waals surface area contributed by atoms with E-state index in [1.54, 1.807) is 37.6 Å². The summed E-state index contributed by atoms with van der Waals surface area (Å²) in [6, 6.07) is 18.9. The van der Waals surface area contributed by atoms with Crippen molar-refractivity contribution in [1.82, 2.24) is 10.2 Å². The Morgan fingerprint density at radius 3 is 2.36 bits per heavy atom. The van der Waals surface area contributed by atoms with Crippen molar-refractivity contribution in [3.63, 3.8) is 0 Å². The van der Waals surface area contributed by atoms with Crippen LogP contribution in [0.2, 0.25) is 5.02 Å². The molecule has 7 nitrogen and oxygen atoms in total. The van der Waals surface area contributed by atoms with Crippen molar-refractivity contribution in [3.05, 3.63) is 77.7 Å². The smallest absolute Gasteiger partial charge is 0.258 e. The Morgan fingerprint density at radius 1 is 1.03 bits per heavy atom. The van der Waals surface area contributed by atoms with Crippen LogP contribution in [0.1, 0.15) is 11.8 Å². The molecule has 0 unspecified atom stereocenters. The quantitative estimate of drug-likeness (QED) is 0.511. The highest BCUT2D eigenvalue weighted by atomic mass is 35.5. The molecule has 1 aliphatic heterocycles. The summed E-state index contributed by atoms with van der Waals surface area (Å²) in [7, 11) is 1.67. The third-order valence-corrected chi connectivity index (χ3v) is 5.99. The molecule has 0 spiro atoms. The maximum Gasteiger partial charge on any atom is 0.258 e. The molecule has 8 heteroatoms. The largest absolute Gasteiger partial charge is 0.497 e. The fraction of sp³-hybridized carbons (Fsp3) is 0.320. The predicted octanol–water partition coefficient (Wildman–Crippen LogP) is 4.00. The van der Waals surface area contributed by atoms with E-state index in [0.717, 1.165) is 37.7 Å². The van der Waals surface area contributed by atoms with Gasteiger partial charge in [-0.25, -0.2) is 0 Å². The van der Waals surface area contributed by atoms with Gasteiger partial charge in [0.1, 0.15) is 17.3 Å². The number of halogens is 1. The van der Waals surface area contributed by atoms with Crippen LogP contribution in [0.15, 0.2) is 71.3 Å². The second-order valence-electron chi connectivity index (χ2n) is 7.80. The second-order valence-corrected chi connectivity index (χ2v) is 8.24. The molecule has 0 aliphatic carbocycles. The number of furan rings is 1. The van der Waals surface area contributed by atoms with Gasteiger partial charge in [0.25, 0.3) is 5.91 Å². The molecule has 1 saturated heterocycles. The lowest BCUT2D eigenvalue weighted by atomic mass is 10.1. The molecule has 2 aromatic carbocycles. The lowest BCUT2D eigenvalue weighted by molar-refractivity contribution is -0.123. The van der Waals surface area contributed by atoms with Gasteiger partial charge in [-0.2, -0.15) is 0 Å². The third kappa shape index (κ3) is 6.21. The van der Waals surface area contributed by atoms with E-state index >= 15 is 0 Å². The number of hydrogen-bond donors (Lipinski definition) is 1. The van der Waals surface area contributed by atoms with E-state index in [1.165, 1.54) is 5.69 Å². The number of amides is 1. The summed E-state index contributed by atoms with van der Waals surface area (Å²) in [5.41, 5.74) is 1.18. The summed E-state index contributed by atoms with van der Waals surface area (Å²) in [6.07, 6.45) is 1.67. The van der Waals surface area contributed by atoms with Crippen molar-refractivity contribution in [2.45, 2.75) is 6.04 Å². The van der Waals surface area contributed by atoms with E-state index in [-0.39, 0.29) is 18.6 Å². The zero-order chi connectivity index (χ0) is 23.0. The van der Waals surface area contributed by atoms with Gasteiger partial charge in [0.15, 0.2) is 6.61 Å². The van der Waals surface area contributed by atoms with Gasteiger partial charge in [-0.3, -0.25) is 9.69 Å². The number of carbonyl (C=O) groups is 1. The first kappa shape index (κ1) is 23.0. The van der Waals surface area contributed by atoms with Gasteiger partial charge in [-0.05, 0) is 60.7 Å². The standard InChI is InChI=1S/C25H28ClN3O4/c1-31-21-10-6-20(7-11-21)28-12-14-29(15-13-28)23(24-3-2-16-32-24)17-27-25(30)18-33-22-8-4-19(26)5-9-22/h2-11,16,23H,12-15,17-18H2,1H3,(H,27,30)/t23-/m1/s1. The Bertz CT molecular complexity index is 1000. The molecule has 0 radical (unpaired) electrons. The number of hydrogen-bond acceptors (Lipinski definition) is 6. The van der Waals surface area contributed by atoms with Crippen LogP contribution in [-0.4, -0.2) is 57.2 Å². The van der Waals surface area contributed by atoms with Crippen molar-refractivity contribution in [2.24, 2.45) is 0 Å². The summed E-state index contributed by atoms with van der Waals surface area (Å²) in [5, 5.41) is 3.61. The highest BCUT2D eigenvalue weighted by Gasteiger charge is 2.27. The normalized spacial score (nSPS) is 15.2. The van der Waals surface area contributed by atoms with E-state index in [9.17, 15) is 4.79 Å².